The molecule has 1 aliphatic rings. The van der Waals surface area contributed by atoms with Gasteiger partial charge in [0.25, 0.3) is 0 Å². The van der Waals surface area contributed by atoms with Crippen LogP contribution in [0.1, 0.15) is 187 Å². The highest BCUT2D eigenvalue weighted by Gasteiger charge is 2.51. The van der Waals surface area contributed by atoms with Crippen LogP contribution in [0.5, 0.6) is 0 Å². The molecule has 1 amide bonds. The van der Waals surface area contributed by atoms with E-state index in [1.807, 2.05) is 0 Å². The van der Waals surface area contributed by atoms with E-state index in [4.69, 9.17) is 9.05 Å². The van der Waals surface area contributed by atoms with Gasteiger partial charge < -0.3 is 46.0 Å². The SMILES string of the molecule is CCCCCCCC/C=C/CC/C=C/C(O)C(COP(=O)(O)OC1C(O)C(O)C(O)C(O)C1O)NC(=O)CC(O)CCCCCCC/C=C\CCCCCCCCCCC. The van der Waals surface area contributed by atoms with Gasteiger partial charge in [0, 0.05) is 0 Å². The van der Waals surface area contributed by atoms with Crippen molar-refractivity contribution in [3.05, 3.63) is 36.5 Å². The number of amides is 1. The van der Waals surface area contributed by atoms with E-state index in [2.05, 4.69) is 43.5 Å². The van der Waals surface area contributed by atoms with E-state index in [1.54, 1.807) is 6.08 Å². The van der Waals surface area contributed by atoms with Gasteiger partial charge in [0.1, 0.15) is 36.6 Å². The predicted molar refractivity (Wildman–Crippen MR) is 238 cm³/mol. The molecule has 14 heteroatoms. The van der Waals surface area contributed by atoms with Crippen molar-refractivity contribution in [2.24, 2.45) is 0 Å². The second-order valence-electron chi connectivity index (χ2n) is 16.8. The normalized spacial score (nSPS) is 23.7. The maximum Gasteiger partial charge on any atom is 0.472 e. The molecule has 13 nitrogen and oxygen atoms in total. The molecular formula is C46H86NO12P. The lowest BCUT2D eigenvalue weighted by Gasteiger charge is -2.41. The third-order valence-electron chi connectivity index (χ3n) is 11.2. The molecule has 1 saturated carbocycles. The molecule has 0 saturated heterocycles. The van der Waals surface area contributed by atoms with Gasteiger partial charge in [-0.1, -0.05) is 159 Å². The molecule has 0 bridgehead atoms. The highest BCUT2D eigenvalue weighted by molar-refractivity contribution is 7.47. The third-order valence-corrected chi connectivity index (χ3v) is 12.2. The molecule has 1 fully saturated rings. The van der Waals surface area contributed by atoms with Gasteiger partial charge in [0.2, 0.25) is 5.91 Å². The van der Waals surface area contributed by atoms with Crippen LogP contribution in [0.25, 0.3) is 0 Å². The van der Waals surface area contributed by atoms with Crippen molar-refractivity contribution in [1.82, 2.24) is 5.32 Å². The fraction of sp³-hybridized carbons (Fsp3) is 0.848. The summed E-state index contributed by atoms with van der Waals surface area (Å²) in [5.41, 5.74) is 0. The average Bonchev–Trinajstić information content (AvgIpc) is 3.22. The molecular weight excluding hydrogens is 789 g/mol. The van der Waals surface area contributed by atoms with Crippen LogP contribution >= 0.6 is 7.82 Å². The number of hydrogen-bond donors (Lipinski definition) is 9. The van der Waals surface area contributed by atoms with Crippen LogP contribution in [0, 0.1) is 0 Å². The first-order chi connectivity index (χ1) is 28.8. The van der Waals surface area contributed by atoms with Crippen molar-refractivity contribution < 1.29 is 59.0 Å². The Balaban J connectivity index is 2.53. The van der Waals surface area contributed by atoms with Gasteiger partial charge in [-0.15, -0.1) is 0 Å². The van der Waals surface area contributed by atoms with E-state index in [0.717, 1.165) is 64.2 Å². The summed E-state index contributed by atoms with van der Waals surface area (Å²) in [6.45, 7) is 3.70. The number of carbonyl (C=O) groups excluding carboxylic acids is 1. The molecule has 352 valence electrons. The number of unbranched alkanes of at least 4 members (excludes halogenated alkanes) is 21. The standard InChI is InChI=1S/C46H86NO12P/c1-3-5-7-9-11-13-15-17-18-19-20-21-22-23-25-27-29-31-33-37(48)35-40(50)47-38(39(49)34-32-30-28-26-24-16-14-12-10-8-6-4-2)36-58-60(56,57)59-46-44(54)42(52)41(51)43(53)45(46)55/h20-21,24,26,32,34,37-39,41-46,48-49,51-55H,3-19,22-23,25,27-31,33,35-36H2,1-2H3,(H,47,50)(H,56,57)/b21-20-,26-24+,34-32+. The smallest absolute Gasteiger partial charge is 0.393 e. The number of phosphoric ester groups is 1. The Kier molecular flexibility index (Phi) is 33.8. The summed E-state index contributed by atoms with van der Waals surface area (Å²) in [6, 6.07) is -1.26. The summed E-state index contributed by atoms with van der Waals surface area (Å²) in [7, 11) is -5.15. The number of allylic oxidation sites excluding steroid dienone is 5. The van der Waals surface area contributed by atoms with Crippen molar-refractivity contribution in [3.63, 3.8) is 0 Å². The zero-order chi connectivity index (χ0) is 44.4. The number of nitrogens with one attached hydrogen (secondary N) is 1. The van der Waals surface area contributed by atoms with E-state index in [-0.39, 0.29) is 6.42 Å². The maximum absolute atomic E-state index is 13.0. The van der Waals surface area contributed by atoms with E-state index in [9.17, 15) is 50.0 Å². The van der Waals surface area contributed by atoms with Crippen molar-refractivity contribution in [2.75, 3.05) is 6.61 Å². The fourth-order valence-electron chi connectivity index (χ4n) is 7.31. The average molecular weight is 876 g/mol. The molecule has 9 N–H and O–H groups in total. The van der Waals surface area contributed by atoms with Crippen LogP contribution < -0.4 is 5.32 Å². The first-order valence-electron chi connectivity index (χ1n) is 23.5. The van der Waals surface area contributed by atoms with Gasteiger partial charge in [-0.25, -0.2) is 4.57 Å². The van der Waals surface area contributed by atoms with E-state index < -0.39 is 75.2 Å². The van der Waals surface area contributed by atoms with Crippen LogP contribution in [-0.4, -0.2) is 108 Å². The van der Waals surface area contributed by atoms with Gasteiger partial charge in [-0.3, -0.25) is 13.8 Å². The molecule has 0 aliphatic heterocycles. The lowest BCUT2D eigenvalue weighted by molar-refractivity contribution is -0.220. The Bertz CT molecular complexity index is 1170. The van der Waals surface area contributed by atoms with E-state index in [1.165, 1.54) is 96.0 Å². The number of aliphatic hydroxyl groups excluding tert-OH is 7. The Morgan fingerprint density at radius 1 is 0.583 bits per heavy atom. The molecule has 60 heavy (non-hydrogen) atoms. The lowest BCUT2D eigenvalue weighted by Crippen LogP contribution is -2.64. The first kappa shape index (κ1) is 56.5. The number of hydrogen-bond acceptors (Lipinski definition) is 11. The molecule has 0 radical (unpaired) electrons. The monoisotopic (exact) mass is 876 g/mol. The topological polar surface area (TPSA) is 226 Å². The van der Waals surface area contributed by atoms with Crippen LogP contribution in [0.3, 0.4) is 0 Å². The first-order valence-corrected chi connectivity index (χ1v) is 25.0. The summed E-state index contributed by atoms with van der Waals surface area (Å²) >= 11 is 0. The molecule has 1 aliphatic carbocycles. The molecule has 0 aromatic heterocycles. The van der Waals surface area contributed by atoms with E-state index >= 15 is 0 Å². The minimum Gasteiger partial charge on any atom is -0.393 e. The minimum absolute atomic E-state index is 0.258. The summed E-state index contributed by atoms with van der Waals surface area (Å²) in [5.74, 6) is -0.609. The van der Waals surface area contributed by atoms with Crippen LogP contribution in [0.4, 0.5) is 0 Å². The molecule has 1 rings (SSSR count). The second-order valence-corrected chi connectivity index (χ2v) is 18.2. The summed E-state index contributed by atoms with van der Waals surface area (Å²) < 4.78 is 22.8. The molecule has 8 unspecified atom stereocenters. The highest BCUT2D eigenvalue weighted by atomic mass is 31.2. The van der Waals surface area contributed by atoms with Crippen LogP contribution in [-0.2, 0) is 18.4 Å². The van der Waals surface area contributed by atoms with Crippen molar-refractivity contribution in [3.8, 4) is 0 Å². The van der Waals surface area contributed by atoms with Gasteiger partial charge in [0.05, 0.1) is 31.3 Å². The quantitative estimate of drug-likeness (QED) is 0.0165. The molecule has 0 aromatic carbocycles. The maximum atomic E-state index is 13.0. The lowest BCUT2D eigenvalue weighted by atomic mass is 9.85. The summed E-state index contributed by atoms with van der Waals surface area (Å²) in [5, 5.41) is 74.4. The largest absolute Gasteiger partial charge is 0.472 e. The molecule has 0 heterocycles. The summed E-state index contributed by atoms with van der Waals surface area (Å²) in [4.78, 5) is 23.4. The van der Waals surface area contributed by atoms with Crippen LogP contribution in [0.2, 0.25) is 0 Å². The number of phosphoric acid groups is 1. The Hall–Kier alpha value is -1.48. The second kappa shape index (κ2) is 35.9. The van der Waals surface area contributed by atoms with E-state index in [0.29, 0.717) is 12.8 Å². The van der Waals surface area contributed by atoms with Crippen molar-refractivity contribution >= 4 is 13.7 Å². The van der Waals surface area contributed by atoms with Gasteiger partial charge in [-0.05, 0) is 57.8 Å². The van der Waals surface area contributed by atoms with Gasteiger partial charge in [0.15, 0.2) is 0 Å². The third kappa shape index (κ3) is 27.6. The predicted octanol–water partition coefficient (Wildman–Crippen LogP) is 7.75. The number of carbonyl (C=O) groups is 1. The fourth-order valence-corrected chi connectivity index (χ4v) is 8.28. The minimum atomic E-state index is -5.15. The zero-order valence-corrected chi connectivity index (χ0v) is 38.0. The van der Waals surface area contributed by atoms with Crippen molar-refractivity contribution in [2.45, 2.75) is 242 Å². The Morgan fingerprint density at radius 3 is 1.47 bits per heavy atom. The number of rotatable bonds is 38. The summed E-state index contributed by atoms with van der Waals surface area (Å²) in [6.07, 6.45) is 26.7. The molecule has 8 atom stereocenters. The highest BCUT2D eigenvalue weighted by Crippen LogP contribution is 2.47. The zero-order valence-electron chi connectivity index (χ0n) is 37.1. The number of aliphatic hydroxyl groups is 7. The molecule has 0 spiro atoms. The Morgan fingerprint density at radius 2 is 0.983 bits per heavy atom. The molecule has 0 aromatic rings. The van der Waals surface area contributed by atoms with Gasteiger partial charge in [-0.2, -0.15) is 0 Å². The van der Waals surface area contributed by atoms with Crippen LogP contribution in [0.15, 0.2) is 36.5 Å². The van der Waals surface area contributed by atoms with Gasteiger partial charge >= 0.3 is 7.82 Å². The Labute approximate surface area is 362 Å². The van der Waals surface area contributed by atoms with Crippen molar-refractivity contribution in [1.29, 1.82) is 0 Å².